The molecule has 8 nitrogen and oxygen atoms in total. The predicted octanol–water partition coefficient (Wildman–Crippen LogP) is 6.11. The van der Waals surface area contributed by atoms with Gasteiger partial charge in [0, 0.05) is 34.2 Å². The number of allylic oxidation sites excluding steroid dienone is 1. The zero-order chi connectivity index (χ0) is 32.1. The minimum absolute atomic E-state index is 0.0259. The molecule has 1 aromatic heterocycles. The van der Waals surface area contributed by atoms with Crippen LogP contribution in [0.5, 0.6) is 11.5 Å². The number of nitrogens with one attached hydrogen (secondary N) is 1. The van der Waals surface area contributed by atoms with E-state index in [1.54, 1.807) is 25.3 Å². The van der Waals surface area contributed by atoms with Crippen LogP contribution in [-0.2, 0) is 11.2 Å². The molecule has 44 heavy (non-hydrogen) atoms. The van der Waals surface area contributed by atoms with Crippen LogP contribution in [0, 0.1) is 5.82 Å². The van der Waals surface area contributed by atoms with Gasteiger partial charge in [0.1, 0.15) is 23.9 Å². The lowest BCUT2D eigenvalue weighted by molar-refractivity contribution is -0.120. The number of methoxy groups -OCH3 is 1. The number of hydrogen-bond donors (Lipinski definition) is 4. The summed E-state index contributed by atoms with van der Waals surface area (Å²) in [6, 6.07) is 19.2. The number of aromatic amines is 1. The Hall–Kier alpha value is -4.05. The Labute approximate surface area is 263 Å². The molecule has 0 spiro atoms. The highest BCUT2D eigenvalue weighted by atomic mass is 35.5. The molecule has 10 heteroatoms. The van der Waals surface area contributed by atoms with E-state index in [-0.39, 0.29) is 24.5 Å². The zero-order valence-electron chi connectivity index (χ0n) is 25.4. The first-order chi connectivity index (χ1) is 21.2. The maximum atomic E-state index is 12.2. The van der Waals surface area contributed by atoms with Crippen molar-refractivity contribution in [1.29, 1.82) is 0 Å². The molecule has 0 fully saturated rings. The Balaban J connectivity index is 0.000000339. The second-order valence-corrected chi connectivity index (χ2v) is 10.8. The van der Waals surface area contributed by atoms with Gasteiger partial charge >= 0.3 is 0 Å². The van der Waals surface area contributed by atoms with Crippen molar-refractivity contribution >= 4 is 28.9 Å². The van der Waals surface area contributed by atoms with Crippen LogP contribution in [0.1, 0.15) is 49.6 Å². The van der Waals surface area contributed by atoms with Gasteiger partial charge in [0.05, 0.1) is 19.3 Å². The number of aliphatic hydroxyl groups excluding tert-OH is 1. The fourth-order valence-electron chi connectivity index (χ4n) is 4.84. The lowest BCUT2D eigenvalue weighted by atomic mass is 9.93. The van der Waals surface area contributed by atoms with Crippen LogP contribution >= 0.6 is 11.6 Å². The molecular weight excluding hydrogens is 583 g/mol. The summed E-state index contributed by atoms with van der Waals surface area (Å²) in [4.78, 5) is 17.1. The van der Waals surface area contributed by atoms with Gasteiger partial charge in [0.25, 0.3) is 0 Å². The summed E-state index contributed by atoms with van der Waals surface area (Å²) in [5.74, 6) is 1.11. The second kappa shape index (κ2) is 17.3. The number of nitrogens with zero attached hydrogens (tertiary/aromatic N) is 1. The molecule has 0 saturated heterocycles. The fourth-order valence-corrected chi connectivity index (χ4v) is 5.02. The molecule has 236 valence electrons. The quantitative estimate of drug-likeness (QED) is 0.167. The molecule has 6 N–H and O–H groups in total. The summed E-state index contributed by atoms with van der Waals surface area (Å²) in [6.45, 7) is 4.71. The number of benzene rings is 3. The Kier molecular flexibility index (Phi) is 13.5. The van der Waals surface area contributed by atoms with Gasteiger partial charge in [-0.05, 0) is 98.1 Å². The number of aliphatic hydroxyl groups is 1. The first-order valence-electron chi connectivity index (χ1n) is 14.5. The van der Waals surface area contributed by atoms with Gasteiger partial charge in [0.2, 0.25) is 6.41 Å². The number of ether oxygens (including phenoxy) is 2. The summed E-state index contributed by atoms with van der Waals surface area (Å²) >= 11 is 6.21. The number of H-pyrrole nitrogens is 1. The molecule has 0 radical (unpaired) electrons. The highest BCUT2D eigenvalue weighted by molar-refractivity contribution is 6.31. The van der Waals surface area contributed by atoms with Crippen molar-refractivity contribution < 1.29 is 23.8 Å². The fraction of sp³-hybridized carbons (Fsp3) is 0.324. The van der Waals surface area contributed by atoms with Crippen molar-refractivity contribution in [1.82, 2.24) is 9.88 Å². The van der Waals surface area contributed by atoms with E-state index in [4.69, 9.17) is 32.5 Å². The average molecular weight is 625 g/mol. The average Bonchev–Trinajstić information content (AvgIpc) is 3.42. The second-order valence-electron chi connectivity index (χ2n) is 10.3. The topological polar surface area (TPSA) is 127 Å². The van der Waals surface area contributed by atoms with Crippen molar-refractivity contribution in [3.8, 4) is 11.5 Å². The van der Waals surface area contributed by atoms with Crippen LogP contribution in [0.15, 0.2) is 79.0 Å². The van der Waals surface area contributed by atoms with Crippen molar-refractivity contribution in [2.24, 2.45) is 11.5 Å². The maximum Gasteiger partial charge on any atom is 0.210 e. The van der Waals surface area contributed by atoms with Crippen molar-refractivity contribution in [3.63, 3.8) is 0 Å². The Morgan fingerprint density at radius 3 is 2.39 bits per heavy atom. The molecule has 1 aliphatic rings. The summed E-state index contributed by atoms with van der Waals surface area (Å²) in [5, 5.41) is 11.9. The number of nitrogens with two attached hydrogens (primary N) is 2. The van der Waals surface area contributed by atoms with Gasteiger partial charge in [-0.3, -0.25) is 4.79 Å². The summed E-state index contributed by atoms with van der Waals surface area (Å²) in [7, 11) is 1.55. The van der Waals surface area contributed by atoms with Gasteiger partial charge in [-0.2, -0.15) is 0 Å². The number of halogens is 2. The highest BCUT2D eigenvalue weighted by Crippen LogP contribution is 2.38. The standard InChI is InChI=1S/C24H28ClN3O3.C7H7FO.C3H7N/c1-2-17(26)12-18(30)13-31-19-6-3-15(4-7-19)24-23-20(9-10-28(24)14-29)21-11-16(25)5-8-22(21)27-23;1-9-7-4-2-6(8)3-5-7;1-2-3-4/h3-8,11,14,17-18,24,27,30H,2,9-10,12-13,26H2,1H3;2-5H,1H3;2-3H,4H2,1H3/b;;3-2-. The minimum Gasteiger partial charge on any atom is -0.497 e. The first kappa shape index (κ1) is 34.4. The molecule has 3 unspecified atom stereocenters. The number of carbonyl (C=O) groups is 1. The monoisotopic (exact) mass is 624 g/mol. The van der Waals surface area contributed by atoms with E-state index < -0.39 is 6.10 Å². The van der Waals surface area contributed by atoms with Crippen LogP contribution in [0.3, 0.4) is 0 Å². The lowest BCUT2D eigenvalue weighted by Crippen LogP contribution is -2.35. The van der Waals surface area contributed by atoms with Crippen LogP contribution < -0.4 is 20.9 Å². The van der Waals surface area contributed by atoms with Gasteiger partial charge in [0.15, 0.2) is 0 Å². The van der Waals surface area contributed by atoms with Gasteiger partial charge in [-0.25, -0.2) is 4.39 Å². The van der Waals surface area contributed by atoms with E-state index in [0.717, 1.165) is 41.4 Å². The van der Waals surface area contributed by atoms with Gasteiger partial charge < -0.3 is 35.9 Å². The molecule has 3 atom stereocenters. The number of fused-ring (bicyclic) bond motifs is 3. The first-order valence-corrected chi connectivity index (χ1v) is 14.9. The lowest BCUT2D eigenvalue weighted by Gasteiger charge is -2.33. The van der Waals surface area contributed by atoms with E-state index in [2.05, 4.69) is 4.98 Å². The van der Waals surface area contributed by atoms with Crippen LogP contribution in [0.2, 0.25) is 5.02 Å². The van der Waals surface area contributed by atoms with E-state index in [1.165, 1.54) is 23.9 Å². The largest absolute Gasteiger partial charge is 0.497 e. The normalized spacial score (nSPS) is 15.3. The number of aromatic nitrogens is 1. The molecule has 5 rings (SSSR count). The maximum absolute atomic E-state index is 12.2. The molecule has 3 aromatic carbocycles. The smallest absolute Gasteiger partial charge is 0.210 e. The van der Waals surface area contributed by atoms with Crippen LogP contribution in [0.4, 0.5) is 4.39 Å². The molecule has 4 aromatic rings. The van der Waals surface area contributed by atoms with E-state index in [9.17, 15) is 14.3 Å². The summed E-state index contributed by atoms with van der Waals surface area (Å²) < 4.78 is 22.7. The SMILES string of the molecule is C/C=C\N.CCC(N)CC(O)COc1ccc(C2c3[nH]c4ccc(Cl)cc4c3CCN2C=O)cc1.COc1ccc(F)cc1. The minimum atomic E-state index is -0.598. The third-order valence-electron chi connectivity index (χ3n) is 7.24. The van der Waals surface area contributed by atoms with Crippen molar-refractivity contribution in [3.05, 3.63) is 107 Å². The van der Waals surface area contributed by atoms with Gasteiger partial charge in [-0.1, -0.05) is 36.7 Å². The zero-order valence-corrected chi connectivity index (χ0v) is 26.1. The Bertz CT molecular complexity index is 1470. The van der Waals surface area contributed by atoms with E-state index >= 15 is 0 Å². The molecule has 0 aliphatic carbocycles. The molecule has 2 heterocycles. The molecule has 1 amide bonds. The molecule has 0 saturated carbocycles. The highest BCUT2D eigenvalue weighted by Gasteiger charge is 2.31. The number of rotatable bonds is 9. The molecular formula is C34H42ClFN4O4. The predicted molar refractivity (Wildman–Crippen MR) is 174 cm³/mol. The third kappa shape index (κ3) is 9.47. The number of amides is 1. The Morgan fingerprint density at radius 1 is 1.14 bits per heavy atom. The van der Waals surface area contributed by atoms with Crippen molar-refractivity contribution in [2.75, 3.05) is 20.3 Å². The number of hydrogen-bond acceptors (Lipinski definition) is 6. The molecule has 0 bridgehead atoms. The number of carbonyl (C=O) groups excluding carboxylic acids is 1. The summed E-state index contributed by atoms with van der Waals surface area (Å²) in [6.07, 6.45) is 5.70. The van der Waals surface area contributed by atoms with Crippen LogP contribution in [-0.4, -0.2) is 53.8 Å². The Morgan fingerprint density at radius 2 is 1.80 bits per heavy atom. The third-order valence-corrected chi connectivity index (χ3v) is 7.48. The van der Waals surface area contributed by atoms with Gasteiger partial charge in [-0.15, -0.1) is 0 Å². The van der Waals surface area contributed by atoms with Crippen LogP contribution in [0.25, 0.3) is 10.9 Å². The van der Waals surface area contributed by atoms with Crippen molar-refractivity contribution in [2.45, 2.75) is 51.3 Å². The molecule has 1 aliphatic heterocycles. The van der Waals surface area contributed by atoms with E-state index in [1.807, 2.05) is 61.2 Å². The summed E-state index contributed by atoms with van der Waals surface area (Å²) in [5.41, 5.74) is 15.0. The van der Waals surface area contributed by atoms with E-state index in [0.29, 0.717) is 29.5 Å².